The zero-order valence-corrected chi connectivity index (χ0v) is 17.6. The average molecular weight is 428 g/mol. The number of carboxylic acids is 1. The van der Waals surface area contributed by atoms with Crippen molar-refractivity contribution in [2.75, 3.05) is 21.3 Å². The van der Waals surface area contributed by atoms with Gasteiger partial charge in [-0.15, -0.1) is 10.2 Å². The molecule has 0 fully saturated rings. The predicted molar refractivity (Wildman–Crippen MR) is 112 cm³/mol. The molecule has 9 heteroatoms. The van der Waals surface area contributed by atoms with Gasteiger partial charge in [-0.25, -0.2) is 4.79 Å². The molecule has 0 unspecified atom stereocenters. The van der Waals surface area contributed by atoms with Crippen molar-refractivity contribution in [1.82, 2.24) is 10.2 Å². The number of ether oxygens (including phenoxy) is 3. The highest BCUT2D eigenvalue weighted by molar-refractivity contribution is 8.03. The Morgan fingerprint density at radius 2 is 1.67 bits per heavy atom. The zero-order valence-electron chi connectivity index (χ0n) is 16.8. The Morgan fingerprint density at radius 1 is 1.00 bits per heavy atom. The summed E-state index contributed by atoms with van der Waals surface area (Å²) in [5.74, 6) is 0.957. The Bertz CT molecular complexity index is 1070. The first-order valence-corrected chi connectivity index (χ1v) is 9.59. The Labute approximate surface area is 177 Å². The number of benzene rings is 2. The van der Waals surface area contributed by atoms with Gasteiger partial charge in [-0.3, -0.25) is 0 Å². The summed E-state index contributed by atoms with van der Waals surface area (Å²) in [5.41, 5.74) is 2.22. The quantitative estimate of drug-likeness (QED) is 0.415. The lowest BCUT2D eigenvalue weighted by molar-refractivity contribution is -0.131. The first-order chi connectivity index (χ1) is 14.4. The van der Waals surface area contributed by atoms with Gasteiger partial charge in [-0.2, -0.15) is 0 Å². The molecule has 0 atom stereocenters. The van der Waals surface area contributed by atoms with Gasteiger partial charge in [0.2, 0.25) is 5.89 Å². The number of aliphatic carboxylic acids is 1. The third kappa shape index (κ3) is 4.93. The van der Waals surface area contributed by atoms with Crippen LogP contribution < -0.4 is 14.2 Å². The molecule has 0 saturated heterocycles. The van der Waals surface area contributed by atoms with Gasteiger partial charge in [-0.05, 0) is 60.2 Å². The van der Waals surface area contributed by atoms with Crippen LogP contribution in [-0.2, 0) is 4.79 Å². The molecule has 8 nitrogen and oxygen atoms in total. The molecule has 3 rings (SSSR count). The van der Waals surface area contributed by atoms with E-state index in [0.29, 0.717) is 22.8 Å². The second kappa shape index (κ2) is 9.36. The summed E-state index contributed by atoms with van der Waals surface area (Å²) >= 11 is 0.873. The first kappa shape index (κ1) is 21.3. The van der Waals surface area contributed by atoms with Crippen LogP contribution in [0.1, 0.15) is 11.1 Å². The number of hydrogen-bond acceptors (Lipinski definition) is 8. The van der Waals surface area contributed by atoms with Gasteiger partial charge in [0.1, 0.15) is 22.2 Å². The maximum Gasteiger partial charge on any atom is 0.342 e. The van der Waals surface area contributed by atoms with Crippen LogP contribution in [0.2, 0.25) is 0 Å². The van der Waals surface area contributed by atoms with E-state index in [1.807, 2.05) is 13.0 Å². The standard InChI is InChI=1S/C21H20N2O6S/c1-12-7-15(26-2)6-5-13(12)10-18(20(24)25)30-21-23-22-19(29-21)14-8-16(27-3)11-17(9-14)28-4/h5-11H,1-4H3,(H,24,25)/b18-10-. The van der Waals surface area contributed by atoms with Gasteiger partial charge in [0.05, 0.1) is 21.3 Å². The van der Waals surface area contributed by atoms with Crippen LogP contribution in [0.25, 0.3) is 17.5 Å². The number of rotatable bonds is 8. The van der Waals surface area contributed by atoms with Crippen LogP contribution in [0, 0.1) is 6.92 Å². The van der Waals surface area contributed by atoms with Crippen LogP contribution in [0.4, 0.5) is 0 Å². The van der Waals surface area contributed by atoms with Gasteiger partial charge >= 0.3 is 5.97 Å². The number of nitrogens with zero attached hydrogens (tertiary/aromatic N) is 2. The molecule has 0 aliphatic carbocycles. The smallest absolute Gasteiger partial charge is 0.342 e. The largest absolute Gasteiger partial charge is 0.497 e. The van der Waals surface area contributed by atoms with E-state index in [-0.39, 0.29) is 16.0 Å². The molecule has 0 spiro atoms. The minimum atomic E-state index is -1.10. The highest BCUT2D eigenvalue weighted by atomic mass is 32.2. The first-order valence-electron chi connectivity index (χ1n) is 8.78. The van der Waals surface area contributed by atoms with E-state index in [1.165, 1.54) is 0 Å². The zero-order chi connectivity index (χ0) is 21.7. The van der Waals surface area contributed by atoms with E-state index in [1.54, 1.807) is 57.7 Å². The van der Waals surface area contributed by atoms with Crippen LogP contribution in [0.5, 0.6) is 17.2 Å². The molecule has 30 heavy (non-hydrogen) atoms. The maximum absolute atomic E-state index is 11.7. The van der Waals surface area contributed by atoms with E-state index >= 15 is 0 Å². The van der Waals surface area contributed by atoms with Crippen molar-refractivity contribution < 1.29 is 28.5 Å². The van der Waals surface area contributed by atoms with Crippen LogP contribution in [0.3, 0.4) is 0 Å². The van der Waals surface area contributed by atoms with Gasteiger partial charge in [0.15, 0.2) is 0 Å². The summed E-state index contributed by atoms with van der Waals surface area (Å²) in [5, 5.41) is 17.7. The van der Waals surface area contributed by atoms with Gasteiger partial charge in [-0.1, -0.05) is 6.07 Å². The van der Waals surface area contributed by atoms with Crippen molar-refractivity contribution in [1.29, 1.82) is 0 Å². The van der Waals surface area contributed by atoms with Gasteiger partial charge < -0.3 is 23.7 Å². The Kier molecular flexibility index (Phi) is 6.63. The van der Waals surface area contributed by atoms with Crippen molar-refractivity contribution in [3.05, 3.63) is 52.4 Å². The fourth-order valence-corrected chi connectivity index (χ4v) is 3.27. The lowest BCUT2D eigenvalue weighted by atomic mass is 10.1. The third-order valence-electron chi connectivity index (χ3n) is 4.18. The number of aromatic nitrogens is 2. The van der Waals surface area contributed by atoms with Crippen molar-refractivity contribution in [2.45, 2.75) is 12.1 Å². The van der Waals surface area contributed by atoms with Crippen LogP contribution in [-0.4, -0.2) is 42.6 Å². The van der Waals surface area contributed by atoms with E-state index in [0.717, 1.165) is 22.9 Å². The lowest BCUT2D eigenvalue weighted by Gasteiger charge is -2.06. The third-order valence-corrected chi connectivity index (χ3v) is 5.03. The summed E-state index contributed by atoms with van der Waals surface area (Å²) in [4.78, 5) is 11.8. The van der Waals surface area contributed by atoms with Crippen molar-refractivity contribution in [3.63, 3.8) is 0 Å². The molecule has 0 amide bonds. The minimum absolute atomic E-state index is 0.0432. The van der Waals surface area contributed by atoms with Crippen molar-refractivity contribution in [2.24, 2.45) is 0 Å². The highest BCUT2D eigenvalue weighted by Crippen LogP contribution is 2.33. The molecular formula is C21H20N2O6S. The number of hydrogen-bond donors (Lipinski definition) is 1. The number of carbonyl (C=O) groups is 1. The molecule has 1 aromatic heterocycles. The van der Waals surface area contributed by atoms with E-state index in [9.17, 15) is 9.90 Å². The van der Waals surface area contributed by atoms with Crippen LogP contribution in [0.15, 0.2) is 50.9 Å². The Balaban J connectivity index is 1.88. The highest BCUT2D eigenvalue weighted by Gasteiger charge is 2.17. The summed E-state index contributed by atoms with van der Waals surface area (Å²) in [6.45, 7) is 1.87. The normalized spacial score (nSPS) is 11.3. The molecule has 0 bridgehead atoms. The van der Waals surface area contributed by atoms with Crippen molar-refractivity contribution in [3.8, 4) is 28.7 Å². The SMILES string of the molecule is COc1cc(OC)cc(-c2nnc(S/C(=C\c3ccc(OC)cc3C)C(=O)O)o2)c1. The second-order valence-corrected chi connectivity index (χ2v) is 7.11. The maximum atomic E-state index is 11.7. The fraction of sp³-hybridized carbons (Fsp3) is 0.190. The fourth-order valence-electron chi connectivity index (χ4n) is 2.61. The van der Waals surface area contributed by atoms with Gasteiger partial charge in [0.25, 0.3) is 5.22 Å². The Morgan fingerprint density at radius 3 is 2.23 bits per heavy atom. The molecule has 1 N–H and O–H groups in total. The van der Waals surface area contributed by atoms with Crippen LogP contribution >= 0.6 is 11.8 Å². The summed E-state index contributed by atoms with van der Waals surface area (Å²) in [7, 11) is 4.66. The molecule has 156 valence electrons. The summed E-state index contributed by atoms with van der Waals surface area (Å²) in [6, 6.07) is 10.6. The molecule has 0 aliphatic rings. The molecule has 0 aliphatic heterocycles. The topological polar surface area (TPSA) is 104 Å². The predicted octanol–water partition coefficient (Wildman–Crippen LogP) is 4.29. The molecule has 1 heterocycles. The molecule has 0 radical (unpaired) electrons. The monoisotopic (exact) mass is 428 g/mol. The molecular weight excluding hydrogens is 408 g/mol. The van der Waals surface area contributed by atoms with E-state index in [2.05, 4.69) is 10.2 Å². The number of aryl methyl sites for hydroxylation is 1. The summed E-state index contributed by atoms with van der Waals surface area (Å²) in [6.07, 6.45) is 1.56. The summed E-state index contributed by atoms with van der Waals surface area (Å²) < 4.78 is 21.3. The molecule has 2 aromatic carbocycles. The van der Waals surface area contributed by atoms with E-state index < -0.39 is 5.97 Å². The number of methoxy groups -OCH3 is 3. The van der Waals surface area contributed by atoms with Crippen molar-refractivity contribution >= 4 is 23.8 Å². The number of carboxylic acid groups (broad SMARTS) is 1. The second-order valence-electron chi connectivity index (χ2n) is 6.11. The number of thioether (sulfide) groups is 1. The molecule has 0 saturated carbocycles. The Hall–Kier alpha value is -3.46. The molecule has 3 aromatic rings. The average Bonchev–Trinajstić information content (AvgIpc) is 3.22. The van der Waals surface area contributed by atoms with Gasteiger partial charge in [0, 0.05) is 11.6 Å². The minimum Gasteiger partial charge on any atom is -0.497 e. The lowest BCUT2D eigenvalue weighted by Crippen LogP contribution is -1.97. The van der Waals surface area contributed by atoms with E-state index in [4.69, 9.17) is 18.6 Å².